The smallest absolute Gasteiger partial charge is 0.293 e. The number of carbonyl (C=O) groups is 3. The van der Waals surface area contributed by atoms with E-state index in [2.05, 4.69) is 19.2 Å². The van der Waals surface area contributed by atoms with E-state index < -0.39 is 11.1 Å². The van der Waals surface area contributed by atoms with Crippen molar-refractivity contribution in [3.05, 3.63) is 98.4 Å². The summed E-state index contributed by atoms with van der Waals surface area (Å²) in [7, 11) is 0. The molecule has 0 atom stereocenters. The van der Waals surface area contributed by atoms with E-state index in [0.29, 0.717) is 31.8 Å². The molecule has 0 aliphatic carbocycles. The summed E-state index contributed by atoms with van der Waals surface area (Å²) in [4.78, 5) is 39.2. The van der Waals surface area contributed by atoms with E-state index in [-0.39, 0.29) is 25.0 Å². The van der Waals surface area contributed by atoms with Gasteiger partial charge in [-0.1, -0.05) is 73.4 Å². The summed E-state index contributed by atoms with van der Waals surface area (Å²) in [6.45, 7) is 3.99. The number of rotatable bonds is 8. The highest BCUT2D eigenvalue weighted by Gasteiger charge is 2.35. The average Bonchev–Trinajstić information content (AvgIpc) is 3.13. The molecule has 0 saturated carbocycles. The zero-order valence-electron chi connectivity index (χ0n) is 20.2. The van der Waals surface area contributed by atoms with Crippen molar-refractivity contribution in [3.8, 4) is 5.75 Å². The van der Waals surface area contributed by atoms with Crippen molar-refractivity contribution in [2.24, 2.45) is 0 Å². The van der Waals surface area contributed by atoms with Crippen LogP contribution in [0, 0.1) is 0 Å². The Morgan fingerprint density at radius 1 is 1.00 bits per heavy atom. The van der Waals surface area contributed by atoms with Gasteiger partial charge in [-0.05, 0) is 65.2 Å². The molecule has 0 bridgehead atoms. The lowest BCUT2D eigenvalue weighted by Gasteiger charge is -2.14. The Kier molecular flexibility index (Phi) is 8.59. The van der Waals surface area contributed by atoms with Crippen LogP contribution in [-0.4, -0.2) is 28.6 Å². The van der Waals surface area contributed by atoms with Gasteiger partial charge in [0.25, 0.3) is 17.1 Å². The molecule has 6 nitrogen and oxygen atoms in total. The second kappa shape index (κ2) is 11.9. The maximum Gasteiger partial charge on any atom is 0.293 e. The van der Waals surface area contributed by atoms with E-state index in [0.717, 1.165) is 27.9 Å². The third-order valence-electron chi connectivity index (χ3n) is 5.66. The highest BCUT2D eigenvalue weighted by atomic mass is 35.5. The van der Waals surface area contributed by atoms with E-state index in [9.17, 15) is 14.4 Å². The number of para-hydroxylation sites is 1. The Morgan fingerprint density at radius 3 is 2.35 bits per heavy atom. The lowest BCUT2D eigenvalue weighted by molar-refractivity contribution is -0.123. The molecule has 0 spiro atoms. The number of thioether (sulfide) groups is 1. The van der Waals surface area contributed by atoms with Crippen molar-refractivity contribution in [1.29, 1.82) is 0 Å². The van der Waals surface area contributed by atoms with Gasteiger partial charge in [0.15, 0.2) is 6.61 Å². The van der Waals surface area contributed by atoms with Gasteiger partial charge in [0.1, 0.15) is 5.75 Å². The van der Waals surface area contributed by atoms with Gasteiger partial charge in [-0.3, -0.25) is 19.3 Å². The van der Waals surface area contributed by atoms with Crippen molar-refractivity contribution in [2.75, 3.05) is 11.9 Å². The number of imide groups is 1. The van der Waals surface area contributed by atoms with Crippen LogP contribution < -0.4 is 10.1 Å². The molecule has 1 saturated heterocycles. The zero-order chi connectivity index (χ0) is 26.5. The first-order valence-corrected chi connectivity index (χ1v) is 13.1. The Bertz CT molecular complexity index is 1350. The number of halogens is 2. The number of nitrogens with one attached hydrogen (secondary N) is 1. The van der Waals surface area contributed by atoms with Crippen LogP contribution in [0.5, 0.6) is 5.75 Å². The molecule has 9 heteroatoms. The minimum atomic E-state index is -0.412. The van der Waals surface area contributed by atoms with Crippen LogP contribution in [0.15, 0.2) is 71.6 Å². The second-order valence-corrected chi connectivity index (χ2v) is 10.4. The molecular weight excluding hydrogens is 531 g/mol. The Morgan fingerprint density at radius 2 is 1.68 bits per heavy atom. The van der Waals surface area contributed by atoms with Crippen LogP contribution in [0.4, 0.5) is 10.5 Å². The first-order chi connectivity index (χ1) is 17.7. The molecule has 0 unspecified atom stereocenters. The maximum absolute atomic E-state index is 12.9. The standard InChI is InChI=1S/C28H24Cl2N2O4S/c1-17(2)20-6-3-4-9-24(20)31-26(33)16-36-19-12-10-18(11-13-19)14-25-27(34)32(28(35)37-25)15-21-22(29)7-5-8-23(21)30/h3-14,17H,15-16H2,1-2H3,(H,31,33)/b25-14-. The molecule has 1 N–H and O–H groups in total. The average molecular weight is 555 g/mol. The van der Waals surface area contributed by atoms with E-state index in [1.807, 2.05) is 24.3 Å². The minimum Gasteiger partial charge on any atom is -0.484 e. The number of benzene rings is 3. The molecule has 1 aliphatic rings. The van der Waals surface area contributed by atoms with Crippen molar-refractivity contribution < 1.29 is 19.1 Å². The van der Waals surface area contributed by atoms with Crippen molar-refractivity contribution in [3.63, 3.8) is 0 Å². The fourth-order valence-corrected chi connectivity index (χ4v) is 5.09. The predicted molar refractivity (Wildman–Crippen MR) is 149 cm³/mol. The van der Waals surface area contributed by atoms with Gasteiger partial charge in [-0.15, -0.1) is 0 Å². The number of carbonyl (C=O) groups excluding carboxylic acids is 3. The van der Waals surface area contributed by atoms with Crippen LogP contribution in [0.25, 0.3) is 6.08 Å². The molecule has 37 heavy (non-hydrogen) atoms. The Labute approximate surface area is 229 Å². The van der Waals surface area contributed by atoms with Crippen LogP contribution in [0.1, 0.15) is 36.5 Å². The molecule has 0 radical (unpaired) electrons. The van der Waals surface area contributed by atoms with E-state index in [4.69, 9.17) is 27.9 Å². The zero-order valence-corrected chi connectivity index (χ0v) is 22.5. The minimum absolute atomic E-state index is 0.00298. The summed E-state index contributed by atoms with van der Waals surface area (Å²) in [5.41, 5.74) is 3.06. The van der Waals surface area contributed by atoms with Gasteiger partial charge in [0.05, 0.1) is 11.4 Å². The summed E-state index contributed by atoms with van der Waals surface area (Å²) in [5.74, 6) is 0.111. The van der Waals surface area contributed by atoms with Crippen molar-refractivity contribution in [1.82, 2.24) is 4.90 Å². The van der Waals surface area contributed by atoms with Gasteiger partial charge >= 0.3 is 0 Å². The Hall–Kier alpha value is -3.26. The number of anilines is 1. The quantitative estimate of drug-likeness (QED) is 0.294. The van der Waals surface area contributed by atoms with Crippen LogP contribution in [-0.2, 0) is 16.1 Å². The molecule has 4 rings (SSSR count). The summed E-state index contributed by atoms with van der Waals surface area (Å²) in [6.07, 6.45) is 1.64. The van der Waals surface area contributed by atoms with Gasteiger partial charge in [-0.2, -0.15) is 0 Å². The van der Waals surface area contributed by atoms with E-state index in [1.54, 1.807) is 48.5 Å². The topological polar surface area (TPSA) is 75.7 Å². The molecule has 3 amide bonds. The second-order valence-electron chi connectivity index (χ2n) is 8.62. The van der Waals surface area contributed by atoms with E-state index in [1.165, 1.54) is 0 Å². The summed E-state index contributed by atoms with van der Waals surface area (Å²) in [6, 6.07) is 19.6. The number of hydrogen-bond acceptors (Lipinski definition) is 5. The van der Waals surface area contributed by atoms with Crippen LogP contribution >= 0.6 is 35.0 Å². The largest absolute Gasteiger partial charge is 0.484 e. The van der Waals surface area contributed by atoms with Gasteiger partial charge in [0.2, 0.25) is 0 Å². The van der Waals surface area contributed by atoms with Gasteiger partial charge < -0.3 is 10.1 Å². The van der Waals surface area contributed by atoms with Gasteiger partial charge in [0, 0.05) is 21.3 Å². The number of nitrogens with zero attached hydrogens (tertiary/aromatic N) is 1. The molecule has 190 valence electrons. The molecule has 0 aromatic heterocycles. The van der Waals surface area contributed by atoms with Crippen LogP contribution in [0.3, 0.4) is 0 Å². The monoisotopic (exact) mass is 554 g/mol. The number of amides is 3. The summed E-state index contributed by atoms with van der Waals surface area (Å²) < 4.78 is 5.62. The molecule has 1 aliphatic heterocycles. The number of ether oxygens (including phenoxy) is 1. The first kappa shape index (κ1) is 26.8. The van der Waals surface area contributed by atoms with Crippen molar-refractivity contribution in [2.45, 2.75) is 26.3 Å². The fraction of sp³-hybridized carbons (Fsp3) is 0.179. The highest BCUT2D eigenvalue weighted by molar-refractivity contribution is 8.18. The van der Waals surface area contributed by atoms with Crippen molar-refractivity contribution >= 4 is 63.8 Å². The third kappa shape index (κ3) is 6.55. The molecular formula is C28H24Cl2N2O4S. The fourth-order valence-electron chi connectivity index (χ4n) is 3.74. The lowest BCUT2D eigenvalue weighted by Crippen LogP contribution is -2.27. The van der Waals surface area contributed by atoms with Gasteiger partial charge in [-0.25, -0.2) is 0 Å². The predicted octanol–water partition coefficient (Wildman–Crippen LogP) is 7.37. The third-order valence-corrected chi connectivity index (χ3v) is 7.27. The van der Waals surface area contributed by atoms with E-state index >= 15 is 0 Å². The maximum atomic E-state index is 12.9. The summed E-state index contributed by atoms with van der Waals surface area (Å²) >= 11 is 13.3. The SMILES string of the molecule is CC(C)c1ccccc1NC(=O)COc1ccc(/C=C2\SC(=O)N(Cc3c(Cl)cccc3Cl)C2=O)cc1. The molecule has 1 fully saturated rings. The molecule has 3 aromatic rings. The lowest BCUT2D eigenvalue weighted by atomic mass is 10.0. The number of hydrogen-bond donors (Lipinski definition) is 1. The molecule has 3 aromatic carbocycles. The molecule has 1 heterocycles. The highest BCUT2D eigenvalue weighted by Crippen LogP contribution is 2.35. The summed E-state index contributed by atoms with van der Waals surface area (Å²) in [5, 5.41) is 3.29. The Balaban J connectivity index is 1.36. The normalized spacial score (nSPS) is 14.5. The van der Waals surface area contributed by atoms with Crippen LogP contribution in [0.2, 0.25) is 10.0 Å². The first-order valence-electron chi connectivity index (χ1n) is 11.5.